The normalized spacial score (nSPS) is 18.8. The van der Waals surface area contributed by atoms with E-state index in [1.54, 1.807) is 0 Å². The van der Waals surface area contributed by atoms with Gasteiger partial charge in [0.25, 0.3) is 0 Å². The summed E-state index contributed by atoms with van der Waals surface area (Å²) in [6, 6.07) is 4.73. The van der Waals surface area contributed by atoms with Gasteiger partial charge in [0.05, 0.1) is 12.3 Å². The minimum absolute atomic E-state index is 0.0865. The summed E-state index contributed by atoms with van der Waals surface area (Å²) in [5, 5.41) is 0. The molecule has 1 amide bonds. The van der Waals surface area contributed by atoms with Crippen molar-refractivity contribution in [2.45, 2.75) is 12.5 Å². The van der Waals surface area contributed by atoms with Crippen molar-refractivity contribution in [3.8, 4) is 0 Å². The first-order valence-electron chi connectivity index (χ1n) is 6.11. The van der Waals surface area contributed by atoms with Crippen molar-refractivity contribution in [3.05, 3.63) is 42.7 Å². The lowest BCUT2D eigenvalue weighted by molar-refractivity contribution is -0.124. The maximum atomic E-state index is 12.8. The van der Waals surface area contributed by atoms with Gasteiger partial charge in [0, 0.05) is 5.69 Å². The average Bonchev–Trinajstić information content (AvgIpc) is 2.42. The zero-order valence-corrected chi connectivity index (χ0v) is 11.6. The minimum Gasteiger partial charge on any atom is -0.309 e. The van der Waals surface area contributed by atoms with Crippen LogP contribution in [0, 0.1) is 5.82 Å². The number of rotatable bonds is 6. The van der Waals surface area contributed by atoms with Gasteiger partial charge in [-0.25, -0.2) is 17.5 Å². The molecule has 1 aliphatic rings. The van der Waals surface area contributed by atoms with Gasteiger partial charge in [-0.3, -0.25) is 4.79 Å². The first-order chi connectivity index (χ1) is 9.43. The Bertz CT molecular complexity index is 613. The number of carbonyl (C=O) groups excluding carboxylic acids is 1. The highest BCUT2D eigenvalue weighted by Crippen LogP contribution is 2.22. The molecule has 0 bridgehead atoms. The molecule has 7 heteroatoms. The van der Waals surface area contributed by atoms with Crippen LogP contribution in [-0.4, -0.2) is 32.7 Å². The van der Waals surface area contributed by atoms with Crippen LogP contribution >= 0.6 is 0 Å². The highest BCUT2D eigenvalue weighted by Gasteiger charge is 2.39. The summed E-state index contributed by atoms with van der Waals surface area (Å²) >= 11 is 0. The Hall–Kier alpha value is -1.73. The van der Waals surface area contributed by atoms with Gasteiger partial charge in [-0.2, -0.15) is 0 Å². The number of sulfonamides is 1. The van der Waals surface area contributed by atoms with E-state index in [0.29, 0.717) is 12.1 Å². The second-order valence-corrected chi connectivity index (χ2v) is 6.37. The SMILES string of the molecule is C=CCCS(=O)(=O)N[C@H]1CN(c2ccc(F)cc2)C1=O. The van der Waals surface area contributed by atoms with Crippen molar-refractivity contribution >= 4 is 21.6 Å². The van der Waals surface area contributed by atoms with E-state index in [1.807, 2.05) is 0 Å². The molecule has 1 atom stereocenters. The average molecular weight is 298 g/mol. The van der Waals surface area contributed by atoms with Gasteiger partial charge in [-0.1, -0.05) is 6.08 Å². The first kappa shape index (κ1) is 14.7. The van der Waals surface area contributed by atoms with Gasteiger partial charge in [-0.05, 0) is 30.7 Å². The summed E-state index contributed by atoms with van der Waals surface area (Å²) in [4.78, 5) is 13.3. The third-order valence-corrected chi connectivity index (χ3v) is 4.40. The number of hydrogen-bond acceptors (Lipinski definition) is 3. The first-order valence-corrected chi connectivity index (χ1v) is 7.76. The summed E-state index contributed by atoms with van der Waals surface area (Å²) < 4.78 is 38.4. The number of anilines is 1. The van der Waals surface area contributed by atoms with Gasteiger partial charge in [0.1, 0.15) is 11.9 Å². The Kier molecular flexibility index (Phi) is 4.20. The molecule has 1 fully saturated rings. The standard InChI is InChI=1S/C13H15FN2O3S/c1-2-3-8-20(18,19)15-12-9-16(13(12)17)11-6-4-10(14)5-7-11/h2,4-7,12,15H,1,3,8-9H2/t12-/m0/s1. The van der Waals surface area contributed by atoms with E-state index < -0.39 is 16.1 Å². The predicted octanol–water partition coefficient (Wildman–Crippen LogP) is 1.04. The zero-order chi connectivity index (χ0) is 14.8. The van der Waals surface area contributed by atoms with Crippen LogP contribution in [0.4, 0.5) is 10.1 Å². The van der Waals surface area contributed by atoms with Crippen molar-refractivity contribution < 1.29 is 17.6 Å². The Balaban J connectivity index is 1.95. The Morgan fingerprint density at radius 1 is 1.40 bits per heavy atom. The molecule has 0 aliphatic carbocycles. The third-order valence-electron chi connectivity index (χ3n) is 2.98. The second-order valence-electron chi connectivity index (χ2n) is 4.49. The van der Waals surface area contributed by atoms with Crippen molar-refractivity contribution in [2.75, 3.05) is 17.2 Å². The van der Waals surface area contributed by atoms with E-state index >= 15 is 0 Å². The van der Waals surface area contributed by atoms with E-state index in [2.05, 4.69) is 11.3 Å². The molecule has 108 valence electrons. The predicted molar refractivity (Wildman–Crippen MR) is 74.3 cm³/mol. The molecule has 1 aromatic rings. The number of benzene rings is 1. The number of nitrogens with zero attached hydrogens (tertiary/aromatic N) is 1. The Labute approximate surface area is 117 Å². The minimum atomic E-state index is -3.48. The van der Waals surface area contributed by atoms with Crippen molar-refractivity contribution in [2.24, 2.45) is 0 Å². The molecule has 1 N–H and O–H groups in total. The van der Waals surface area contributed by atoms with E-state index in [-0.39, 0.29) is 24.0 Å². The van der Waals surface area contributed by atoms with Crippen LogP contribution in [0.2, 0.25) is 0 Å². The summed E-state index contributed by atoms with van der Waals surface area (Å²) in [5.74, 6) is -0.807. The van der Waals surface area contributed by atoms with Crippen LogP contribution in [0.1, 0.15) is 6.42 Å². The van der Waals surface area contributed by atoms with Gasteiger partial charge >= 0.3 is 0 Å². The largest absolute Gasteiger partial charge is 0.309 e. The van der Waals surface area contributed by atoms with Crippen molar-refractivity contribution in [3.63, 3.8) is 0 Å². The third kappa shape index (κ3) is 3.23. The maximum absolute atomic E-state index is 12.8. The lowest BCUT2D eigenvalue weighted by Crippen LogP contribution is -2.64. The Morgan fingerprint density at radius 2 is 2.05 bits per heavy atom. The lowest BCUT2D eigenvalue weighted by Gasteiger charge is -2.38. The molecule has 1 aromatic carbocycles. The monoisotopic (exact) mass is 298 g/mol. The fraction of sp³-hybridized carbons (Fsp3) is 0.308. The molecule has 0 saturated carbocycles. The molecule has 1 aliphatic heterocycles. The summed E-state index contributed by atoms with van der Waals surface area (Å²) in [5.41, 5.74) is 0.554. The molecule has 5 nitrogen and oxygen atoms in total. The molecule has 0 unspecified atom stereocenters. The van der Waals surface area contributed by atoms with E-state index in [4.69, 9.17) is 0 Å². The van der Waals surface area contributed by atoms with Crippen LogP contribution in [0.15, 0.2) is 36.9 Å². The van der Waals surface area contributed by atoms with Gasteiger partial charge in [0.15, 0.2) is 0 Å². The van der Waals surface area contributed by atoms with Crippen molar-refractivity contribution in [1.82, 2.24) is 4.72 Å². The number of carbonyl (C=O) groups is 1. The molecular weight excluding hydrogens is 283 g/mol. The van der Waals surface area contributed by atoms with Gasteiger partial charge in [-0.15, -0.1) is 6.58 Å². The Morgan fingerprint density at radius 3 is 2.60 bits per heavy atom. The number of halogens is 1. The molecule has 1 heterocycles. The van der Waals surface area contributed by atoms with Crippen LogP contribution in [0.25, 0.3) is 0 Å². The number of β-lactam (4-membered cyclic amide) rings is 1. The smallest absolute Gasteiger partial charge is 0.247 e. The summed E-state index contributed by atoms with van der Waals surface area (Å²) in [7, 11) is -3.48. The fourth-order valence-electron chi connectivity index (χ4n) is 1.88. The highest BCUT2D eigenvalue weighted by molar-refractivity contribution is 7.89. The van der Waals surface area contributed by atoms with Crippen LogP contribution in [0.3, 0.4) is 0 Å². The maximum Gasteiger partial charge on any atom is 0.247 e. The molecule has 0 aromatic heterocycles. The molecule has 1 saturated heterocycles. The quantitative estimate of drug-likeness (QED) is 0.630. The molecule has 0 spiro atoms. The fourth-order valence-corrected chi connectivity index (χ4v) is 3.09. The number of nitrogens with one attached hydrogen (secondary N) is 1. The van der Waals surface area contributed by atoms with Crippen LogP contribution in [0.5, 0.6) is 0 Å². The second kappa shape index (κ2) is 5.72. The number of hydrogen-bond donors (Lipinski definition) is 1. The molecule has 0 radical (unpaired) electrons. The van der Waals surface area contributed by atoms with E-state index in [9.17, 15) is 17.6 Å². The highest BCUT2D eigenvalue weighted by atomic mass is 32.2. The zero-order valence-electron chi connectivity index (χ0n) is 10.8. The number of allylic oxidation sites excluding steroid dienone is 1. The molecule has 2 rings (SSSR count). The van der Waals surface area contributed by atoms with E-state index in [0.717, 1.165) is 0 Å². The summed E-state index contributed by atoms with van der Waals surface area (Å²) in [6.45, 7) is 3.70. The van der Waals surface area contributed by atoms with E-state index in [1.165, 1.54) is 35.2 Å². The van der Waals surface area contributed by atoms with Crippen LogP contribution < -0.4 is 9.62 Å². The lowest BCUT2D eigenvalue weighted by atomic mass is 10.1. The topological polar surface area (TPSA) is 66.5 Å². The van der Waals surface area contributed by atoms with Crippen molar-refractivity contribution in [1.29, 1.82) is 0 Å². The summed E-state index contributed by atoms with van der Waals surface area (Å²) in [6.07, 6.45) is 1.84. The van der Waals surface area contributed by atoms with Gasteiger partial charge in [0.2, 0.25) is 15.9 Å². The molecular formula is C13H15FN2O3S. The number of amides is 1. The van der Waals surface area contributed by atoms with Gasteiger partial charge < -0.3 is 4.90 Å². The molecule has 20 heavy (non-hydrogen) atoms. The van der Waals surface area contributed by atoms with Crippen LogP contribution in [-0.2, 0) is 14.8 Å².